The van der Waals surface area contributed by atoms with E-state index in [2.05, 4.69) is 5.32 Å². The first kappa shape index (κ1) is 21.0. The van der Waals surface area contributed by atoms with Gasteiger partial charge in [0.1, 0.15) is 45.1 Å². The molecule has 2 aromatic rings. The second-order valence-corrected chi connectivity index (χ2v) is 7.66. The fraction of sp³-hybridized carbons (Fsp3) is 0.391. The van der Waals surface area contributed by atoms with Crippen LogP contribution in [0.2, 0.25) is 0 Å². The van der Waals surface area contributed by atoms with Gasteiger partial charge in [-0.1, -0.05) is 18.2 Å². The Morgan fingerprint density at radius 2 is 1.66 bits per heavy atom. The van der Waals surface area contributed by atoms with E-state index in [1.54, 1.807) is 24.3 Å². The van der Waals surface area contributed by atoms with Gasteiger partial charge in [-0.25, -0.2) is 0 Å². The van der Waals surface area contributed by atoms with Crippen LogP contribution in [0.5, 0.6) is 5.75 Å². The highest BCUT2D eigenvalue weighted by molar-refractivity contribution is 5.96. The number of hydrogen-bond donors (Lipinski definition) is 3. The van der Waals surface area contributed by atoms with Gasteiger partial charge in [0.25, 0.3) is 5.91 Å². The average Bonchev–Trinajstić information content (AvgIpc) is 2.75. The molecule has 1 heterocycles. The van der Waals surface area contributed by atoms with Crippen molar-refractivity contribution in [2.75, 3.05) is 44.6 Å². The molecule has 1 fully saturated rings. The molecule has 154 valence electrons. The van der Waals surface area contributed by atoms with Crippen molar-refractivity contribution in [2.24, 2.45) is 0 Å². The normalized spacial score (nSPS) is 19.9. The average molecular weight is 398 g/mol. The number of quaternary nitrogens is 2. The Kier molecular flexibility index (Phi) is 7.38. The molecule has 0 aliphatic carbocycles. The first-order chi connectivity index (χ1) is 14.0. The topological polar surface area (TPSA) is 64.3 Å². The number of ketones is 1. The highest BCUT2D eigenvalue weighted by Gasteiger charge is 2.30. The van der Waals surface area contributed by atoms with E-state index in [4.69, 9.17) is 4.74 Å². The summed E-state index contributed by atoms with van der Waals surface area (Å²) in [5, 5.41) is 2.97. The molecule has 6 nitrogen and oxygen atoms in total. The van der Waals surface area contributed by atoms with Gasteiger partial charge in [-0.2, -0.15) is 0 Å². The number of carbonyl (C=O) groups is 2. The zero-order chi connectivity index (χ0) is 20.6. The van der Waals surface area contributed by atoms with Crippen molar-refractivity contribution in [2.45, 2.75) is 19.9 Å². The Morgan fingerprint density at radius 3 is 2.28 bits per heavy atom. The Bertz CT molecular complexity index is 800. The molecular formula is C23H31N3O3+2. The molecule has 0 aromatic heterocycles. The number of rotatable bonds is 8. The number of benzene rings is 2. The fourth-order valence-electron chi connectivity index (χ4n) is 3.66. The molecule has 3 rings (SSSR count). The van der Waals surface area contributed by atoms with Gasteiger partial charge < -0.3 is 19.9 Å². The lowest BCUT2D eigenvalue weighted by Gasteiger charge is -2.32. The molecule has 1 atom stereocenters. The van der Waals surface area contributed by atoms with Crippen LogP contribution in [0.3, 0.4) is 0 Å². The second-order valence-electron chi connectivity index (χ2n) is 7.66. The molecule has 0 spiro atoms. The van der Waals surface area contributed by atoms with E-state index in [-0.39, 0.29) is 17.7 Å². The number of anilines is 1. The minimum absolute atomic E-state index is 0.0198. The molecule has 1 aliphatic heterocycles. The number of amides is 1. The highest BCUT2D eigenvalue weighted by atomic mass is 16.5. The van der Waals surface area contributed by atoms with Crippen LogP contribution in [-0.4, -0.2) is 57.1 Å². The predicted octanol–water partition coefficient (Wildman–Crippen LogP) is 0.0786. The maximum atomic E-state index is 12.6. The van der Waals surface area contributed by atoms with Crippen LogP contribution >= 0.6 is 0 Å². The number of hydrogen-bond acceptors (Lipinski definition) is 3. The number of piperazine rings is 1. The molecule has 1 saturated heterocycles. The molecule has 1 aliphatic rings. The Hall–Kier alpha value is -2.70. The summed E-state index contributed by atoms with van der Waals surface area (Å²) in [7, 11) is 0. The van der Waals surface area contributed by atoms with Crippen LogP contribution in [0.25, 0.3) is 0 Å². The van der Waals surface area contributed by atoms with Crippen LogP contribution in [0.4, 0.5) is 5.69 Å². The summed E-state index contributed by atoms with van der Waals surface area (Å²) in [4.78, 5) is 26.8. The molecule has 1 amide bonds. The van der Waals surface area contributed by atoms with Gasteiger partial charge in [0.2, 0.25) is 0 Å². The molecule has 0 saturated carbocycles. The minimum atomic E-state index is -0.107. The van der Waals surface area contributed by atoms with Gasteiger partial charge in [0, 0.05) is 11.3 Å². The van der Waals surface area contributed by atoms with Crippen LogP contribution < -0.4 is 19.9 Å². The molecule has 29 heavy (non-hydrogen) atoms. The van der Waals surface area contributed by atoms with Crippen molar-refractivity contribution in [1.82, 2.24) is 0 Å². The predicted molar refractivity (Wildman–Crippen MR) is 113 cm³/mol. The zero-order valence-corrected chi connectivity index (χ0v) is 17.2. The van der Waals surface area contributed by atoms with E-state index in [1.165, 1.54) is 16.7 Å². The minimum Gasteiger partial charge on any atom is -0.488 e. The molecule has 6 heteroatoms. The van der Waals surface area contributed by atoms with Crippen molar-refractivity contribution in [1.29, 1.82) is 0 Å². The molecule has 0 radical (unpaired) electrons. The summed E-state index contributed by atoms with van der Waals surface area (Å²) in [6.45, 7) is 9.23. The number of Topliss-reactive ketones (excluding diaryl/α,β-unsaturated/α-hetero) is 1. The SMILES string of the molecule is CC(=O)c1ccc(NC(=O)[C@H](C)[NH+]2CC[NH+](CCOc3ccccc3)CC2)cc1. The summed E-state index contributed by atoms with van der Waals surface area (Å²) < 4.78 is 5.80. The summed E-state index contributed by atoms with van der Waals surface area (Å²) in [6, 6.07) is 16.9. The van der Waals surface area contributed by atoms with Crippen molar-refractivity contribution < 1.29 is 24.1 Å². The quantitative estimate of drug-likeness (QED) is 0.553. The van der Waals surface area contributed by atoms with E-state index < -0.39 is 0 Å². The maximum Gasteiger partial charge on any atom is 0.282 e. The van der Waals surface area contributed by atoms with Crippen molar-refractivity contribution >= 4 is 17.4 Å². The highest BCUT2D eigenvalue weighted by Crippen LogP contribution is 2.10. The lowest BCUT2D eigenvalue weighted by atomic mass is 10.1. The molecule has 0 bridgehead atoms. The first-order valence-electron chi connectivity index (χ1n) is 10.3. The van der Waals surface area contributed by atoms with Crippen LogP contribution in [0.1, 0.15) is 24.2 Å². The van der Waals surface area contributed by atoms with Gasteiger partial charge in [-0.15, -0.1) is 0 Å². The van der Waals surface area contributed by atoms with Crippen molar-refractivity contribution in [3.63, 3.8) is 0 Å². The van der Waals surface area contributed by atoms with Gasteiger partial charge >= 0.3 is 0 Å². The summed E-state index contributed by atoms with van der Waals surface area (Å²) in [5.41, 5.74) is 1.38. The smallest absolute Gasteiger partial charge is 0.282 e. The third-order valence-corrected chi connectivity index (χ3v) is 5.63. The van der Waals surface area contributed by atoms with Crippen LogP contribution in [0, 0.1) is 0 Å². The van der Waals surface area contributed by atoms with Gasteiger partial charge in [0.15, 0.2) is 11.8 Å². The first-order valence-corrected chi connectivity index (χ1v) is 10.3. The molecular weight excluding hydrogens is 366 g/mol. The number of ether oxygens (including phenoxy) is 1. The summed E-state index contributed by atoms with van der Waals surface area (Å²) in [5.74, 6) is 0.958. The van der Waals surface area contributed by atoms with Gasteiger partial charge in [0.05, 0.1) is 0 Å². The van der Waals surface area contributed by atoms with E-state index in [0.717, 1.165) is 44.2 Å². The number of carbonyl (C=O) groups excluding carboxylic acids is 2. The summed E-state index contributed by atoms with van der Waals surface area (Å²) in [6.07, 6.45) is 0. The number of nitrogens with one attached hydrogen (secondary N) is 3. The van der Waals surface area contributed by atoms with Crippen LogP contribution in [0.15, 0.2) is 54.6 Å². The maximum absolute atomic E-state index is 12.6. The van der Waals surface area contributed by atoms with Crippen molar-refractivity contribution in [3.05, 3.63) is 60.2 Å². The standard InChI is InChI=1S/C23H29N3O3/c1-18(23(28)24-21-10-8-20(9-11-21)19(2)27)26-14-12-25(13-15-26)16-17-29-22-6-4-3-5-7-22/h3-11,18H,12-17H2,1-2H3,(H,24,28)/p+2/t18-/m0/s1. The molecule has 3 N–H and O–H groups in total. The van der Waals surface area contributed by atoms with E-state index in [0.29, 0.717) is 12.2 Å². The lowest BCUT2D eigenvalue weighted by molar-refractivity contribution is -1.02. The van der Waals surface area contributed by atoms with Gasteiger partial charge in [-0.05, 0) is 50.2 Å². The molecule has 0 unspecified atom stereocenters. The number of para-hydroxylation sites is 1. The van der Waals surface area contributed by atoms with E-state index in [9.17, 15) is 9.59 Å². The summed E-state index contributed by atoms with van der Waals surface area (Å²) >= 11 is 0. The Balaban J connectivity index is 1.40. The van der Waals surface area contributed by atoms with E-state index in [1.807, 2.05) is 37.3 Å². The van der Waals surface area contributed by atoms with Crippen molar-refractivity contribution in [3.8, 4) is 5.75 Å². The Labute approximate surface area is 172 Å². The monoisotopic (exact) mass is 397 g/mol. The lowest BCUT2D eigenvalue weighted by Crippen LogP contribution is -3.30. The fourth-order valence-corrected chi connectivity index (χ4v) is 3.66. The zero-order valence-electron chi connectivity index (χ0n) is 17.2. The Morgan fingerprint density at radius 1 is 1.00 bits per heavy atom. The van der Waals surface area contributed by atoms with Crippen LogP contribution in [-0.2, 0) is 4.79 Å². The van der Waals surface area contributed by atoms with Gasteiger partial charge in [-0.3, -0.25) is 9.59 Å². The largest absolute Gasteiger partial charge is 0.488 e. The molecule has 2 aromatic carbocycles. The third-order valence-electron chi connectivity index (χ3n) is 5.63. The second kappa shape index (κ2) is 10.2. The third kappa shape index (κ3) is 6.14. The van der Waals surface area contributed by atoms with E-state index >= 15 is 0 Å².